The summed E-state index contributed by atoms with van der Waals surface area (Å²) in [5.41, 5.74) is 6.78. The van der Waals surface area contributed by atoms with Crippen LogP contribution in [0.3, 0.4) is 0 Å². The van der Waals surface area contributed by atoms with Crippen LogP contribution in [-0.2, 0) is 6.54 Å². The first-order valence-electron chi connectivity index (χ1n) is 4.27. The maximum Gasteiger partial charge on any atom is 0.122 e. The third-order valence-corrected chi connectivity index (χ3v) is 2.21. The lowest BCUT2D eigenvalue weighted by Gasteiger charge is -2.04. The molecule has 2 N–H and O–H groups in total. The Morgan fingerprint density at radius 3 is 2.86 bits per heavy atom. The average molecular weight is 208 g/mol. The minimum Gasteiger partial charge on any atom is -0.384 e. The van der Waals surface area contributed by atoms with Crippen LogP contribution in [0.4, 0.5) is 5.82 Å². The van der Waals surface area contributed by atoms with Gasteiger partial charge in [-0.2, -0.15) is 5.10 Å². The van der Waals surface area contributed by atoms with E-state index in [4.69, 9.17) is 17.3 Å². The van der Waals surface area contributed by atoms with Gasteiger partial charge in [-0.25, -0.2) is 4.68 Å². The van der Waals surface area contributed by atoms with Gasteiger partial charge < -0.3 is 5.73 Å². The monoisotopic (exact) mass is 207 g/mol. The first kappa shape index (κ1) is 9.09. The summed E-state index contributed by atoms with van der Waals surface area (Å²) in [6.45, 7) is 0.652. The fourth-order valence-corrected chi connectivity index (χ4v) is 1.50. The molecule has 2 rings (SSSR count). The van der Waals surface area contributed by atoms with Crippen molar-refractivity contribution in [2.45, 2.75) is 6.54 Å². The summed E-state index contributed by atoms with van der Waals surface area (Å²) in [4.78, 5) is 0. The van der Waals surface area contributed by atoms with Gasteiger partial charge >= 0.3 is 0 Å². The molecule has 1 aromatic carbocycles. The normalized spacial score (nSPS) is 10.4. The van der Waals surface area contributed by atoms with E-state index in [-0.39, 0.29) is 0 Å². The summed E-state index contributed by atoms with van der Waals surface area (Å²) in [6, 6.07) is 9.43. The Morgan fingerprint density at radius 2 is 2.21 bits per heavy atom. The smallest absolute Gasteiger partial charge is 0.122 e. The van der Waals surface area contributed by atoms with Crippen LogP contribution in [0.2, 0.25) is 5.02 Å². The van der Waals surface area contributed by atoms with Gasteiger partial charge in [0.1, 0.15) is 5.82 Å². The molecule has 72 valence electrons. The second kappa shape index (κ2) is 3.72. The average Bonchev–Trinajstić information content (AvgIpc) is 2.52. The Kier molecular flexibility index (Phi) is 2.41. The highest BCUT2D eigenvalue weighted by molar-refractivity contribution is 6.30. The lowest BCUT2D eigenvalue weighted by Crippen LogP contribution is -2.05. The Bertz CT molecular complexity index is 436. The molecule has 0 bridgehead atoms. The van der Waals surface area contributed by atoms with E-state index in [2.05, 4.69) is 5.10 Å². The predicted molar refractivity (Wildman–Crippen MR) is 57.2 cm³/mol. The lowest BCUT2D eigenvalue weighted by atomic mass is 10.2. The Hall–Kier alpha value is -1.48. The molecular formula is C10H10ClN3. The maximum atomic E-state index is 5.86. The molecular weight excluding hydrogens is 198 g/mol. The van der Waals surface area contributed by atoms with Gasteiger partial charge in [0.05, 0.1) is 12.7 Å². The van der Waals surface area contributed by atoms with Gasteiger partial charge in [0.25, 0.3) is 0 Å². The fraction of sp³-hybridized carbons (Fsp3) is 0.100. The quantitative estimate of drug-likeness (QED) is 0.820. The zero-order chi connectivity index (χ0) is 9.97. The van der Waals surface area contributed by atoms with Crippen LogP contribution in [0.1, 0.15) is 5.56 Å². The molecule has 0 unspecified atom stereocenters. The van der Waals surface area contributed by atoms with Crippen molar-refractivity contribution in [1.29, 1.82) is 0 Å². The fourth-order valence-electron chi connectivity index (χ4n) is 1.28. The molecule has 3 nitrogen and oxygen atoms in total. The van der Waals surface area contributed by atoms with Crippen molar-refractivity contribution in [1.82, 2.24) is 9.78 Å². The third-order valence-electron chi connectivity index (χ3n) is 1.97. The van der Waals surface area contributed by atoms with E-state index in [1.165, 1.54) is 0 Å². The van der Waals surface area contributed by atoms with Crippen molar-refractivity contribution in [3.63, 3.8) is 0 Å². The highest BCUT2D eigenvalue weighted by Crippen LogP contribution is 2.12. The number of benzene rings is 1. The van der Waals surface area contributed by atoms with E-state index in [9.17, 15) is 0 Å². The van der Waals surface area contributed by atoms with Gasteiger partial charge in [0, 0.05) is 5.02 Å². The van der Waals surface area contributed by atoms with Gasteiger partial charge in [0.15, 0.2) is 0 Å². The number of rotatable bonds is 2. The van der Waals surface area contributed by atoms with Crippen LogP contribution >= 0.6 is 11.6 Å². The van der Waals surface area contributed by atoms with Gasteiger partial charge in [-0.05, 0) is 23.8 Å². The van der Waals surface area contributed by atoms with Crippen molar-refractivity contribution in [2.24, 2.45) is 0 Å². The highest BCUT2D eigenvalue weighted by Gasteiger charge is 1.99. The molecule has 0 aliphatic heterocycles. The van der Waals surface area contributed by atoms with Gasteiger partial charge in [-0.3, -0.25) is 0 Å². The van der Waals surface area contributed by atoms with Gasteiger partial charge in [-0.1, -0.05) is 23.7 Å². The van der Waals surface area contributed by atoms with Crippen molar-refractivity contribution in [3.05, 3.63) is 47.1 Å². The topological polar surface area (TPSA) is 43.8 Å². The van der Waals surface area contributed by atoms with Crippen molar-refractivity contribution < 1.29 is 0 Å². The summed E-state index contributed by atoms with van der Waals surface area (Å²) in [7, 11) is 0. The van der Waals surface area contributed by atoms with Crippen molar-refractivity contribution >= 4 is 17.4 Å². The molecule has 14 heavy (non-hydrogen) atoms. The zero-order valence-corrected chi connectivity index (χ0v) is 8.28. The van der Waals surface area contributed by atoms with Crippen LogP contribution in [0.15, 0.2) is 36.5 Å². The summed E-state index contributed by atoms with van der Waals surface area (Å²) in [5.74, 6) is 0.657. The number of hydrogen-bond donors (Lipinski definition) is 1. The van der Waals surface area contributed by atoms with E-state index in [0.29, 0.717) is 12.4 Å². The number of hydrogen-bond acceptors (Lipinski definition) is 2. The predicted octanol–water partition coefficient (Wildman–Crippen LogP) is 2.17. The maximum absolute atomic E-state index is 5.86. The van der Waals surface area contributed by atoms with E-state index >= 15 is 0 Å². The van der Waals surface area contributed by atoms with Crippen LogP contribution in [0.5, 0.6) is 0 Å². The van der Waals surface area contributed by atoms with Crippen molar-refractivity contribution in [2.75, 3.05) is 5.73 Å². The Labute approximate surface area is 87.1 Å². The first-order valence-corrected chi connectivity index (χ1v) is 4.65. The molecule has 4 heteroatoms. The molecule has 1 heterocycles. The summed E-state index contributed by atoms with van der Waals surface area (Å²) >= 11 is 5.86. The molecule has 0 aliphatic rings. The van der Waals surface area contributed by atoms with Crippen LogP contribution < -0.4 is 5.73 Å². The number of aromatic nitrogens is 2. The minimum absolute atomic E-state index is 0.652. The van der Waals surface area contributed by atoms with Crippen LogP contribution in [0.25, 0.3) is 0 Å². The standard InChI is InChI=1S/C10H10ClN3/c11-9-3-1-2-8(6-9)7-14-10(12)4-5-13-14/h1-6H,7,12H2. The summed E-state index contributed by atoms with van der Waals surface area (Å²) in [6.07, 6.45) is 1.68. The van der Waals surface area contributed by atoms with E-state index in [1.807, 2.05) is 24.3 Å². The molecule has 0 atom stereocenters. The number of anilines is 1. The molecule has 0 saturated heterocycles. The minimum atomic E-state index is 0.652. The molecule has 0 aliphatic carbocycles. The number of nitrogens with two attached hydrogens (primary N) is 1. The second-order valence-corrected chi connectivity index (χ2v) is 3.48. The lowest BCUT2D eigenvalue weighted by molar-refractivity contribution is 0.697. The molecule has 1 aromatic heterocycles. The second-order valence-electron chi connectivity index (χ2n) is 3.04. The van der Waals surface area contributed by atoms with Crippen LogP contribution in [0, 0.1) is 0 Å². The largest absolute Gasteiger partial charge is 0.384 e. The molecule has 0 amide bonds. The van der Waals surface area contributed by atoms with Gasteiger partial charge in [-0.15, -0.1) is 0 Å². The van der Waals surface area contributed by atoms with E-state index in [0.717, 1.165) is 10.6 Å². The zero-order valence-electron chi connectivity index (χ0n) is 7.52. The molecule has 0 saturated carbocycles. The highest BCUT2D eigenvalue weighted by atomic mass is 35.5. The number of nitrogen functional groups attached to an aromatic ring is 1. The molecule has 0 fully saturated rings. The first-order chi connectivity index (χ1) is 6.75. The van der Waals surface area contributed by atoms with E-state index in [1.54, 1.807) is 16.9 Å². The summed E-state index contributed by atoms with van der Waals surface area (Å²) < 4.78 is 1.73. The number of nitrogens with zero attached hydrogens (tertiary/aromatic N) is 2. The SMILES string of the molecule is Nc1ccnn1Cc1cccc(Cl)c1. The van der Waals surface area contributed by atoms with E-state index < -0.39 is 0 Å². The number of halogens is 1. The molecule has 0 spiro atoms. The van der Waals surface area contributed by atoms with Crippen molar-refractivity contribution in [3.8, 4) is 0 Å². The molecule has 0 radical (unpaired) electrons. The molecule has 2 aromatic rings. The van der Waals surface area contributed by atoms with Gasteiger partial charge in [0.2, 0.25) is 0 Å². The Morgan fingerprint density at radius 1 is 1.36 bits per heavy atom. The third kappa shape index (κ3) is 1.88. The Balaban J connectivity index is 2.23. The van der Waals surface area contributed by atoms with Crippen LogP contribution in [-0.4, -0.2) is 9.78 Å². The summed E-state index contributed by atoms with van der Waals surface area (Å²) in [5, 5.41) is 4.82.